The molecule has 0 radical (unpaired) electrons. The van der Waals surface area contributed by atoms with Crippen LogP contribution in [0.4, 0.5) is 4.39 Å². The van der Waals surface area contributed by atoms with E-state index in [4.69, 9.17) is 5.11 Å². The summed E-state index contributed by atoms with van der Waals surface area (Å²) in [7, 11) is -3.69. The van der Waals surface area contributed by atoms with Gasteiger partial charge in [0.15, 0.2) is 0 Å². The van der Waals surface area contributed by atoms with Crippen LogP contribution in [0.25, 0.3) is 0 Å². The first-order valence-electron chi connectivity index (χ1n) is 6.30. The average molecular weight is 329 g/mol. The first-order valence-corrected chi connectivity index (χ1v) is 8.66. The maximum absolute atomic E-state index is 13.5. The van der Waals surface area contributed by atoms with Gasteiger partial charge in [0.1, 0.15) is 5.82 Å². The van der Waals surface area contributed by atoms with Crippen molar-refractivity contribution in [2.75, 3.05) is 0 Å². The summed E-state index contributed by atoms with van der Waals surface area (Å²) in [5.41, 5.74) is 1.07. The third kappa shape index (κ3) is 3.68. The van der Waals surface area contributed by atoms with Crippen LogP contribution in [0.2, 0.25) is 0 Å². The van der Waals surface area contributed by atoms with Gasteiger partial charge >= 0.3 is 0 Å². The minimum Gasteiger partial charge on any atom is -0.391 e. The minimum absolute atomic E-state index is 0.107. The molecule has 2 rings (SSSR count). The summed E-state index contributed by atoms with van der Waals surface area (Å²) in [5, 5.41) is 10.5. The molecule has 0 aliphatic carbocycles. The quantitative estimate of drug-likeness (QED) is 0.886. The number of sulfonamides is 1. The third-order valence-corrected chi connectivity index (χ3v) is 5.71. The highest BCUT2D eigenvalue weighted by atomic mass is 32.2. The number of aliphatic hydroxyl groups is 1. The summed E-state index contributed by atoms with van der Waals surface area (Å²) in [4.78, 5) is 0.681. The molecule has 21 heavy (non-hydrogen) atoms. The summed E-state index contributed by atoms with van der Waals surface area (Å²) in [6, 6.07) is 5.51. The Labute approximate surface area is 127 Å². The normalized spacial score (nSPS) is 13.3. The largest absolute Gasteiger partial charge is 0.391 e. The van der Waals surface area contributed by atoms with E-state index in [0.717, 1.165) is 0 Å². The summed E-state index contributed by atoms with van der Waals surface area (Å²) >= 11 is 1.17. The number of thiophene rings is 1. The zero-order valence-corrected chi connectivity index (χ0v) is 13.3. The van der Waals surface area contributed by atoms with Gasteiger partial charge in [-0.15, -0.1) is 11.3 Å². The Morgan fingerprint density at radius 2 is 2.10 bits per heavy atom. The molecule has 114 valence electrons. The number of benzene rings is 1. The molecule has 0 bridgehead atoms. The number of hydrogen-bond acceptors (Lipinski definition) is 4. The van der Waals surface area contributed by atoms with E-state index in [2.05, 4.69) is 4.72 Å². The predicted octanol–water partition coefficient (Wildman–Crippen LogP) is 2.73. The Hall–Kier alpha value is -1.28. The molecule has 0 saturated carbocycles. The Bertz CT molecular complexity index is 740. The van der Waals surface area contributed by atoms with Gasteiger partial charge in [-0.25, -0.2) is 17.5 Å². The van der Waals surface area contributed by atoms with E-state index in [1.807, 2.05) is 0 Å². The smallest absolute Gasteiger partial charge is 0.241 e. The van der Waals surface area contributed by atoms with Gasteiger partial charge in [-0.05, 0) is 37.1 Å². The van der Waals surface area contributed by atoms with Crippen LogP contribution in [-0.2, 0) is 16.6 Å². The molecule has 0 saturated heterocycles. The SMILES string of the molecule is Cc1ccc(C(C)NS(=O)(=O)c2csc(CO)c2)cc1F. The number of hydrogen-bond donors (Lipinski definition) is 2. The highest BCUT2D eigenvalue weighted by molar-refractivity contribution is 7.89. The average Bonchev–Trinajstić information content (AvgIpc) is 2.91. The fraction of sp³-hybridized carbons (Fsp3) is 0.286. The Morgan fingerprint density at radius 1 is 1.38 bits per heavy atom. The lowest BCUT2D eigenvalue weighted by atomic mass is 10.1. The van der Waals surface area contributed by atoms with Crippen LogP contribution < -0.4 is 4.72 Å². The molecule has 1 heterocycles. The maximum Gasteiger partial charge on any atom is 0.241 e. The van der Waals surface area contributed by atoms with Crippen LogP contribution >= 0.6 is 11.3 Å². The molecule has 0 amide bonds. The Morgan fingerprint density at radius 3 is 2.67 bits per heavy atom. The molecule has 7 heteroatoms. The van der Waals surface area contributed by atoms with E-state index in [0.29, 0.717) is 16.0 Å². The number of nitrogens with one attached hydrogen (secondary N) is 1. The van der Waals surface area contributed by atoms with Gasteiger partial charge in [0.25, 0.3) is 0 Å². The van der Waals surface area contributed by atoms with Gasteiger partial charge in [0, 0.05) is 16.3 Å². The van der Waals surface area contributed by atoms with Crippen LogP contribution in [0, 0.1) is 12.7 Å². The molecule has 2 N–H and O–H groups in total. The fourth-order valence-corrected chi connectivity index (χ4v) is 4.20. The van der Waals surface area contributed by atoms with Crippen LogP contribution in [0.3, 0.4) is 0 Å². The van der Waals surface area contributed by atoms with Crippen molar-refractivity contribution in [2.24, 2.45) is 0 Å². The van der Waals surface area contributed by atoms with Gasteiger partial charge < -0.3 is 5.11 Å². The van der Waals surface area contributed by atoms with Crippen molar-refractivity contribution >= 4 is 21.4 Å². The molecule has 1 unspecified atom stereocenters. The highest BCUT2D eigenvalue weighted by Crippen LogP contribution is 2.22. The molecule has 0 aliphatic rings. The van der Waals surface area contributed by atoms with E-state index < -0.39 is 16.1 Å². The fourth-order valence-electron chi connectivity index (χ4n) is 1.83. The number of aliphatic hydroxyl groups excluding tert-OH is 1. The maximum atomic E-state index is 13.5. The van der Waals surface area contributed by atoms with Crippen LogP contribution in [0.5, 0.6) is 0 Å². The van der Waals surface area contributed by atoms with Gasteiger partial charge in [-0.2, -0.15) is 0 Å². The van der Waals surface area contributed by atoms with Gasteiger partial charge in [-0.3, -0.25) is 0 Å². The van der Waals surface area contributed by atoms with Gasteiger partial charge in [0.2, 0.25) is 10.0 Å². The summed E-state index contributed by atoms with van der Waals surface area (Å²) in [5.74, 6) is -0.364. The second-order valence-electron chi connectivity index (χ2n) is 4.76. The number of halogens is 1. The highest BCUT2D eigenvalue weighted by Gasteiger charge is 2.20. The lowest BCUT2D eigenvalue weighted by Gasteiger charge is -2.14. The van der Waals surface area contributed by atoms with Crippen molar-refractivity contribution in [1.29, 1.82) is 0 Å². The summed E-state index contributed by atoms with van der Waals surface area (Å²) in [6.45, 7) is 3.11. The molecular formula is C14H16FNO3S2. The van der Waals surface area contributed by atoms with Crippen molar-refractivity contribution in [3.8, 4) is 0 Å². The first-order chi connectivity index (χ1) is 9.83. The monoisotopic (exact) mass is 329 g/mol. The van der Waals surface area contributed by atoms with E-state index in [9.17, 15) is 12.8 Å². The lowest BCUT2D eigenvalue weighted by Crippen LogP contribution is -2.26. The molecule has 1 aromatic heterocycles. The van der Waals surface area contributed by atoms with Gasteiger partial charge in [-0.1, -0.05) is 12.1 Å². The second kappa shape index (κ2) is 6.23. The zero-order chi connectivity index (χ0) is 15.6. The van der Waals surface area contributed by atoms with E-state index in [1.165, 1.54) is 28.8 Å². The molecule has 0 fully saturated rings. The predicted molar refractivity (Wildman–Crippen MR) is 80.1 cm³/mol. The molecule has 0 aliphatic heterocycles. The lowest BCUT2D eigenvalue weighted by molar-refractivity contribution is 0.285. The zero-order valence-electron chi connectivity index (χ0n) is 11.6. The summed E-state index contributed by atoms with van der Waals surface area (Å²) in [6.07, 6.45) is 0. The van der Waals surface area contributed by atoms with Crippen LogP contribution in [-0.4, -0.2) is 13.5 Å². The van der Waals surface area contributed by atoms with E-state index in [1.54, 1.807) is 26.0 Å². The van der Waals surface area contributed by atoms with Crippen molar-refractivity contribution < 1.29 is 17.9 Å². The first kappa shape index (κ1) is 16.1. The third-order valence-electron chi connectivity index (χ3n) is 3.12. The van der Waals surface area contributed by atoms with Crippen LogP contribution in [0.15, 0.2) is 34.5 Å². The molecule has 1 aromatic carbocycles. The standard InChI is InChI=1S/C14H16FNO3S2/c1-9-3-4-11(5-14(9)15)10(2)16-21(18,19)13-6-12(7-17)20-8-13/h3-6,8,10,16-17H,7H2,1-2H3. The van der Waals surface area contributed by atoms with E-state index >= 15 is 0 Å². The van der Waals surface area contributed by atoms with Gasteiger partial charge in [0.05, 0.1) is 11.5 Å². The summed E-state index contributed by atoms with van der Waals surface area (Å²) < 4.78 is 40.5. The van der Waals surface area contributed by atoms with E-state index in [-0.39, 0.29) is 17.3 Å². The number of rotatable bonds is 5. The molecule has 2 aromatic rings. The molecule has 4 nitrogen and oxygen atoms in total. The van der Waals surface area contributed by atoms with Crippen molar-refractivity contribution in [3.05, 3.63) is 51.5 Å². The topological polar surface area (TPSA) is 66.4 Å². The molecule has 1 atom stereocenters. The Balaban J connectivity index is 2.21. The van der Waals surface area contributed by atoms with Crippen molar-refractivity contribution in [1.82, 2.24) is 4.72 Å². The minimum atomic E-state index is -3.69. The van der Waals surface area contributed by atoms with Crippen molar-refractivity contribution in [3.63, 3.8) is 0 Å². The second-order valence-corrected chi connectivity index (χ2v) is 7.47. The van der Waals surface area contributed by atoms with Crippen molar-refractivity contribution in [2.45, 2.75) is 31.4 Å². The van der Waals surface area contributed by atoms with Crippen LogP contribution in [0.1, 0.15) is 29.0 Å². The molecule has 0 spiro atoms. The molecular weight excluding hydrogens is 313 g/mol. The Kier molecular flexibility index (Phi) is 4.77. The number of aryl methyl sites for hydroxylation is 1.